The molecule has 19 heavy (non-hydrogen) atoms. The zero-order valence-electron chi connectivity index (χ0n) is 10.7. The van der Waals surface area contributed by atoms with E-state index in [1.54, 1.807) is 12.5 Å². The highest BCUT2D eigenvalue weighted by atomic mass is 14.9. The fraction of sp³-hybridized carbons (Fsp3) is 0.214. The van der Waals surface area contributed by atoms with Crippen LogP contribution in [0.15, 0.2) is 30.7 Å². The summed E-state index contributed by atoms with van der Waals surface area (Å²) in [5.74, 6) is 0.676. The fourth-order valence-electron chi connectivity index (χ4n) is 1.94. The van der Waals surface area contributed by atoms with Gasteiger partial charge in [-0.15, -0.1) is 0 Å². The number of fused-ring (bicyclic) bond motifs is 1. The van der Waals surface area contributed by atoms with Gasteiger partial charge in [-0.25, -0.2) is 9.97 Å². The molecule has 1 aromatic carbocycles. The first-order valence-electron chi connectivity index (χ1n) is 6.00. The number of benzene rings is 1. The molecule has 0 bridgehead atoms. The van der Waals surface area contributed by atoms with Crippen molar-refractivity contribution in [2.75, 3.05) is 0 Å². The predicted octanol–water partition coefficient (Wildman–Crippen LogP) is 2.75. The van der Waals surface area contributed by atoms with Crippen molar-refractivity contribution in [2.24, 2.45) is 0 Å². The summed E-state index contributed by atoms with van der Waals surface area (Å²) in [5.41, 5.74) is 3.21. The number of nitrogens with zero attached hydrogens (tertiary/aromatic N) is 3. The van der Waals surface area contributed by atoms with E-state index in [2.05, 4.69) is 26.0 Å². The van der Waals surface area contributed by atoms with E-state index in [0.29, 0.717) is 5.82 Å². The number of hydrogen-bond acceptors (Lipinski definition) is 3. The lowest BCUT2D eigenvalue weighted by Crippen LogP contribution is -2.15. The minimum Gasteiger partial charge on any atom is -0.345 e. The van der Waals surface area contributed by atoms with Crippen LogP contribution in [0.1, 0.15) is 19.7 Å². The lowest BCUT2D eigenvalue weighted by molar-refractivity contribution is 0.640. The van der Waals surface area contributed by atoms with Crippen LogP contribution in [0.4, 0.5) is 0 Å². The van der Waals surface area contributed by atoms with Crippen LogP contribution in [0.5, 0.6) is 0 Å². The second-order valence-electron chi connectivity index (χ2n) is 5.02. The molecule has 0 spiro atoms. The van der Waals surface area contributed by atoms with Crippen LogP contribution in [-0.4, -0.2) is 19.9 Å². The largest absolute Gasteiger partial charge is 0.345 e. The highest BCUT2D eigenvalue weighted by Gasteiger charge is 2.23. The molecule has 0 unspecified atom stereocenters. The van der Waals surface area contributed by atoms with E-state index in [1.807, 2.05) is 32.0 Å². The molecule has 2 heterocycles. The quantitative estimate of drug-likeness (QED) is 0.734. The van der Waals surface area contributed by atoms with E-state index in [9.17, 15) is 0 Å². The number of H-pyrrole nitrogens is 2. The molecule has 0 aliphatic carbocycles. The molecule has 2 N–H and O–H groups in total. The number of rotatable bonds is 2. The Bertz CT molecular complexity index is 772. The zero-order valence-corrected chi connectivity index (χ0v) is 10.7. The molecule has 94 valence electrons. The molecule has 5 nitrogen and oxygen atoms in total. The summed E-state index contributed by atoms with van der Waals surface area (Å²) in [6.45, 7) is 3.68. The van der Waals surface area contributed by atoms with Crippen LogP contribution in [-0.2, 0) is 5.41 Å². The van der Waals surface area contributed by atoms with E-state index in [-0.39, 0.29) is 0 Å². The van der Waals surface area contributed by atoms with Gasteiger partial charge in [0.25, 0.3) is 0 Å². The minimum atomic E-state index is -0.615. The lowest BCUT2D eigenvalue weighted by Gasteiger charge is -2.10. The number of hydrogen-bond donors (Lipinski definition) is 2. The molecule has 2 aromatic heterocycles. The third kappa shape index (κ3) is 1.87. The number of nitriles is 1. The number of aromatic nitrogens is 4. The maximum Gasteiger partial charge on any atom is 0.126 e. The Labute approximate surface area is 110 Å². The molecule has 0 saturated heterocycles. The van der Waals surface area contributed by atoms with Gasteiger partial charge >= 0.3 is 0 Å². The Morgan fingerprint density at radius 1 is 1.26 bits per heavy atom. The summed E-state index contributed by atoms with van der Waals surface area (Å²) in [7, 11) is 0. The lowest BCUT2D eigenvalue weighted by atomic mass is 9.95. The third-order valence-electron chi connectivity index (χ3n) is 3.18. The van der Waals surface area contributed by atoms with Gasteiger partial charge in [0.1, 0.15) is 11.2 Å². The Morgan fingerprint density at radius 3 is 2.89 bits per heavy atom. The van der Waals surface area contributed by atoms with Crippen molar-refractivity contribution in [1.82, 2.24) is 19.9 Å². The molecule has 3 rings (SSSR count). The Hall–Kier alpha value is -2.61. The number of nitrogens with one attached hydrogen (secondary N) is 2. The van der Waals surface area contributed by atoms with Gasteiger partial charge in [0.2, 0.25) is 0 Å². The van der Waals surface area contributed by atoms with E-state index in [4.69, 9.17) is 5.26 Å². The molecule has 0 aliphatic rings. The Morgan fingerprint density at radius 2 is 2.11 bits per heavy atom. The molecule has 0 amide bonds. The van der Waals surface area contributed by atoms with Crippen molar-refractivity contribution in [3.05, 3.63) is 36.5 Å². The van der Waals surface area contributed by atoms with Crippen LogP contribution < -0.4 is 0 Å². The van der Waals surface area contributed by atoms with Gasteiger partial charge < -0.3 is 9.97 Å². The molecule has 0 atom stereocenters. The summed E-state index contributed by atoms with van der Waals surface area (Å²) < 4.78 is 0. The van der Waals surface area contributed by atoms with Crippen molar-refractivity contribution >= 4 is 11.0 Å². The van der Waals surface area contributed by atoms with E-state index in [1.165, 1.54) is 0 Å². The number of aromatic amines is 2. The van der Waals surface area contributed by atoms with E-state index >= 15 is 0 Å². The molecular weight excluding hydrogens is 238 g/mol. The first kappa shape index (κ1) is 11.5. The molecular formula is C14H13N5. The third-order valence-corrected chi connectivity index (χ3v) is 3.18. The van der Waals surface area contributed by atoms with Crippen molar-refractivity contribution in [3.8, 4) is 17.3 Å². The molecule has 0 saturated carbocycles. The van der Waals surface area contributed by atoms with Gasteiger partial charge in [0, 0.05) is 5.56 Å². The monoisotopic (exact) mass is 251 g/mol. The van der Waals surface area contributed by atoms with Gasteiger partial charge in [-0.05, 0) is 26.0 Å². The zero-order chi connectivity index (χ0) is 13.5. The summed E-state index contributed by atoms with van der Waals surface area (Å²) in [5, 5.41) is 9.12. The smallest absolute Gasteiger partial charge is 0.126 e. The van der Waals surface area contributed by atoms with Gasteiger partial charge in [0.15, 0.2) is 0 Å². The van der Waals surface area contributed by atoms with Gasteiger partial charge in [-0.3, -0.25) is 0 Å². The fourth-order valence-corrected chi connectivity index (χ4v) is 1.94. The second-order valence-corrected chi connectivity index (χ2v) is 5.02. The SMILES string of the molecule is CC(C)(C#N)c1ncc(-c2ccc3nc[nH]c3c2)[nH]1. The highest BCUT2D eigenvalue weighted by molar-refractivity contribution is 5.80. The minimum absolute atomic E-state index is 0.615. The van der Waals surface area contributed by atoms with Gasteiger partial charge in [-0.2, -0.15) is 5.26 Å². The Balaban J connectivity index is 2.05. The van der Waals surface area contributed by atoms with Crippen LogP contribution >= 0.6 is 0 Å². The average Bonchev–Trinajstić information content (AvgIpc) is 3.06. The Kier molecular flexibility index (Phi) is 2.39. The second kappa shape index (κ2) is 3.95. The standard InChI is InChI=1S/C14H13N5/c1-14(2,7-15)13-16-6-12(19-13)9-3-4-10-11(5-9)18-8-17-10/h3-6,8H,1-2H3,(H,16,19)(H,17,18). The highest BCUT2D eigenvalue weighted by Crippen LogP contribution is 2.25. The van der Waals surface area contributed by atoms with Crippen molar-refractivity contribution in [1.29, 1.82) is 5.26 Å². The van der Waals surface area contributed by atoms with E-state index < -0.39 is 5.41 Å². The first-order chi connectivity index (χ1) is 9.10. The van der Waals surface area contributed by atoms with Crippen LogP contribution in [0.25, 0.3) is 22.3 Å². The maximum absolute atomic E-state index is 9.12. The first-order valence-corrected chi connectivity index (χ1v) is 6.00. The van der Waals surface area contributed by atoms with E-state index in [0.717, 1.165) is 22.3 Å². The molecule has 0 fully saturated rings. The molecule has 0 aliphatic heterocycles. The van der Waals surface area contributed by atoms with Crippen molar-refractivity contribution in [2.45, 2.75) is 19.3 Å². The molecule has 0 radical (unpaired) electrons. The van der Waals surface area contributed by atoms with Crippen molar-refractivity contribution in [3.63, 3.8) is 0 Å². The van der Waals surface area contributed by atoms with Crippen LogP contribution in [0.2, 0.25) is 0 Å². The maximum atomic E-state index is 9.12. The normalized spacial score (nSPS) is 11.6. The summed E-state index contributed by atoms with van der Waals surface area (Å²) in [4.78, 5) is 14.8. The average molecular weight is 251 g/mol. The summed E-state index contributed by atoms with van der Waals surface area (Å²) >= 11 is 0. The summed E-state index contributed by atoms with van der Waals surface area (Å²) in [6.07, 6.45) is 3.43. The number of imidazole rings is 2. The van der Waals surface area contributed by atoms with Crippen molar-refractivity contribution < 1.29 is 0 Å². The summed E-state index contributed by atoms with van der Waals surface area (Å²) in [6, 6.07) is 8.19. The predicted molar refractivity (Wildman–Crippen MR) is 72.3 cm³/mol. The molecule has 3 aromatic rings. The van der Waals surface area contributed by atoms with Gasteiger partial charge in [0.05, 0.1) is 35.3 Å². The topological polar surface area (TPSA) is 81.2 Å². The van der Waals surface area contributed by atoms with Gasteiger partial charge in [-0.1, -0.05) is 6.07 Å². The van der Waals surface area contributed by atoms with Crippen LogP contribution in [0, 0.1) is 11.3 Å². The van der Waals surface area contributed by atoms with Crippen LogP contribution in [0.3, 0.4) is 0 Å². The molecule has 5 heteroatoms.